The lowest BCUT2D eigenvalue weighted by Gasteiger charge is -2.36. The number of amides is 1. The van der Waals surface area contributed by atoms with Crippen LogP contribution in [0.1, 0.15) is 25.7 Å². The first-order valence-electron chi connectivity index (χ1n) is 7.48. The minimum atomic E-state index is -0.900. The second-order valence-corrected chi connectivity index (χ2v) is 7.17. The van der Waals surface area contributed by atoms with Crippen LogP contribution in [0.2, 0.25) is 5.02 Å². The van der Waals surface area contributed by atoms with Crippen molar-refractivity contribution in [2.24, 2.45) is 0 Å². The highest BCUT2D eigenvalue weighted by atomic mass is 35.5. The zero-order valence-corrected chi connectivity index (χ0v) is 14.3. The van der Waals surface area contributed by atoms with Gasteiger partial charge in [-0.05, 0) is 37.1 Å². The molecule has 1 aromatic rings. The van der Waals surface area contributed by atoms with Crippen molar-refractivity contribution in [2.75, 3.05) is 19.0 Å². The third-order valence-corrected chi connectivity index (χ3v) is 5.02. The van der Waals surface area contributed by atoms with E-state index < -0.39 is 11.5 Å². The summed E-state index contributed by atoms with van der Waals surface area (Å²) in [5.74, 6) is -0.384. The lowest BCUT2D eigenvalue weighted by Crippen LogP contribution is -2.53. The van der Waals surface area contributed by atoms with Gasteiger partial charge >= 0.3 is 5.97 Å². The summed E-state index contributed by atoms with van der Waals surface area (Å²) in [7, 11) is 0. The molecular weight excluding hydrogens is 338 g/mol. The van der Waals surface area contributed by atoms with E-state index in [-0.39, 0.29) is 12.3 Å². The highest BCUT2D eigenvalue weighted by Crippen LogP contribution is 2.25. The number of thioether (sulfide) groups is 1. The van der Waals surface area contributed by atoms with Gasteiger partial charge in [0.1, 0.15) is 0 Å². The number of carbonyl (C=O) groups is 2. The van der Waals surface area contributed by atoms with Gasteiger partial charge in [0.25, 0.3) is 0 Å². The van der Waals surface area contributed by atoms with Crippen molar-refractivity contribution in [1.82, 2.24) is 5.32 Å². The topological polar surface area (TPSA) is 75.6 Å². The number of ether oxygens (including phenoxy) is 1. The largest absolute Gasteiger partial charge is 0.481 e. The van der Waals surface area contributed by atoms with Crippen LogP contribution in [0.4, 0.5) is 0 Å². The van der Waals surface area contributed by atoms with Crippen LogP contribution < -0.4 is 5.32 Å². The summed E-state index contributed by atoms with van der Waals surface area (Å²) in [6, 6.07) is 7.45. The maximum absolute atomic E-state index is 12.2. The van der Waals surface area contributed by atoms with E-state index in [0.717, 1.165) is 4.90 Å². The zero-order valence-electron chi connectivity index (χ0n) is 12.7. The molecule has 1 aliphatic heterocycles. The lowest BCUT2D eigenvalue weighted by molar-refractivity contribution is -0.140. The SMILES string of the molecule is O=C(O)CC1(NC(=O)CCSc2ccc(Cl)cc2)CCOCC1. The number of carboxylic acid groups (broad SMARTS) is 1. The molecule has 0 unspecified atom stereocenters. The van der Waals surface area contributed by atoms with Crippen molar-refractivity contribution in [3.05, 3.63) is 29.3 Å². The maximum atomic E-state index is 12.2. The van der Waals surface area contributed by atoms with Crippen LogP contribution >= 0.6 is 23.4 Å². The predicted molar refractivity (Wildman–Crippen MR) is 90.0 cm³/mol. The summed E-state index contributed by atoms with van der Waals surface area (Å²) in [5, 5.41) is 12.7. The van der Waals surface area contributed by atoms with Gasteiger partial charge in [0.2, 0.25) is 5.91 Å². The van der Waals surface area contributed by atoms with Crippen LogP contribution in [-0.2, 0) is 14.3 Å². The molecule has 0 aliphatic carbocycles. The molecule has 0 saturated carbocycles. The number of carboxylic acids is 1. The second kappa shape index (κ2) is 8.57. The molecule has 5 nitrogen and oxygen atoms in total. The molecule has 1 heterocycles. The van der Waals surface area contributed by atoms with Gasteiger partial charge in [-0.1, -0.05) is 11.6 Å². The number of hydrogen-bond donors (Lipinski definition) is 2. The van der Waals surface area contributed by atoms with Gasteiger partial charge in [0.15, 0.2) is 0 Å². The first-order valence-corrected chi connectivity index (χ1v) is 8.84. The van der Waals surface area contributed by atoms with Crippen LogP contribution in [-0.4, -0.2) is 41.5 Å². The average Bonchev–Trinajstić information content (AvgIpc) is 2.49. The zero-order chi connectivity index (χ0) is 16.7. The smallest absolute Gasteiger partial charge is 0.305 e. The molecule has 1 fully saturated rings. The van der Waals surface area contributed by atoms with Crippen molar-refractivity contribution in [1.29, 1.82) is 0 Å². The first kappa shape index (κ1) is 18.1. The molecule has 23 heavy (non-hydrogen) atoms. The normalized spacial score (nSPS) is 16.7. The van der Waals surface area contributed by atoms with Crippen molar-refractivity contribution in [2.45, 2.75) is 36.1 Å². The van der Waals surface area contributed by atoms with Crippen molar-refractivity contribution < 1.29 is 19.4 Å². The van der Waals surface area contributed by atoms with Crippen LogP contribution in [0.3, 0.4) is 0 Å². The number of halogens is 1. The number of hydrogen-bond acceptors (Lipinski definition) is 4. The second-order valence-electron chi connectivity index (χ2n) is 5.56. The Morgan fingerprint density at radius 3 is 2.52 bits per heavy atom. The van der Waals surface area contributed by atoms with E-state index in [4.69, 9.17) is 21.4 Å². The highest BCUT2D eigenvalue weighted by Gasteiger charge is 2.36. The van der Waals surface area contributed by atoms with Gasteiger partial charge in [0, 0.05) is 35.3 Å². The molecular formula is C16H20ClNO4S. The van der Waals surface area contributed by atoms with E-state index >= 15 is 0 Å². The van der Waals surface area contributed by atoms with E-state index in [1.165, 1.54) is 0 Å². The standard InChI is InChI=1S/C16H20ClNO4S/c17-12-1-3-13(4-2-12)23-10-5-14(19)18-16(11-15(20)21)6-8-22-9-7-16/h1-4H,5-11H2,(H,18,19)(H,20,21). The predicted octanol–water partition coefficient (Wildman–Crippen LogP) is 2.96. The van der Waals surface area contributed by atoms with Crippen molar-refractivity contribution >= 4 is 35.2 Å². The molecule has 126 valence electrons. The summed E-state index contributed by atoms with van der Waals surface area (Å²) in [6.45, 7) is 0.959. The number of aliphatic carboxylic acids is 1. The van der Waals surface area contributed by atoms with Crippen LogP contribution in [0.25, 0.3) is 0 Å². The minimum Gasteiger partial charge on any atom is -0.481 e. The Labute approximate surface area is 144 Å². The summed E-state index contributed by atoms with van der Waals surface area (Å²) >= 11 is 7.40. The molecule has 0 aromatic heterocycles. The van der Waals surface area contributed by atoms with Gasteiger partial charge in [0.05, 0.1) is 12.0 Å². The third kappa shape index (κ3) is 6.05. The minimum absolute atomic E-state index is 0.0631. The fourth-order valence-corrected chi connectivity index (χ4v) is 3.53. The molecule has 1 aromatic carbocycles. The molecule has 0 atom stereocenters. The number of rotatable bonds is 7. The highest BCUT2D eigenvalue weighted by molar-refractivity contribution is 7.99. The summed E-state index contributed by atoms with van der Waals surface area (Å²) in [4.78, 5) is 24.3. The fourth-order valence-electron chi connectivity index (χ4n) is 2.55. The Morgan fingerprint density at radius 1 is 1.26 bits per heavy atom. The molecule has 1 aliphatic rings. The molecule has 0 radical (unpaired) electrons. The molecule has 1 saturated heterocycles. The fraction of sp³-hybridized carbons (Fsp3) is 0.500. The molecule has 7 heteroatoms. The van der Waals surface area contributed by atoms with Crippen molar-refractivity contribution in [3.8, 4) is 0 Å². The van der Waals surface area contributed by atoms with E-state index in [1.54, 1.807) is 11.8 Å². The Kier molecular flexibility index (Phi) is 6.74. The molecule has 2 rings (SSSR count). The van der Waals surface area contributed by atoms with E-state index in [0.29, 0.717) is 43.3 Å². The molecule has 1 amide bonds. The molecule has 0 spiro atoms. The maximum Gasteiger partial charge on any atom is 0.305 e. The average molecular weight is 358 g/mol. The van der Waals surface area contributed by atoms with Gasteiger partial charge in [-0.2, -0.15) is 0 Å². The molecule has 0 bridgehead atoms. The number of nitrogens with one attached hydrogen (secondary N) is 1. The van der Waals surface area contributed by atoms with E-state index in [2.05, 4.69) is 5.32 Å². The van der Waals surface area contributed by atoms with Crippen molar-refractivity contribution in [3.63, 3.8) is 0 Å². The quantitative estimate of drug-likeness (QED) is 0.734. The Bertz CT molecular complexity index is 544. The lowest BCUT2D eigenvalue weighted by atomic mass is 9.86. The van der Waals surface area contributed by atoms with Crippen LogP contribution in [0.5, 0.6) is 0 Å². The summed E-state index contributed by atoms with van der Waals surface area (Å²) in [6.07, 6.45) is 1.35. The number of benzene rings is 1. The summed E-state index contributed by atoms with van der Waals surface area (Å²) < 4.78 is 5.28. The van der Waals surface area contributed by atoms with Gasteiger partial charge in [-0.25, -0.2) is 0 Å². The van der Waals surface area contributed by atoms with Gasteiger partial charge in [-0.15, -0.1) is 11.8 Å². The van der Waals surface area contributed by atoms with E-state index in [1.807, 2.05) is 24.3 Å². The molecule has 2 N–H and O–H groups in total. The van der Waals surface area contributed by atoms with Gasteiger partial charge in [-0.3, -0.25) is 9.59 Å². The van der Waals surface area contributed by atoms with Crippen LogP contribution in [0.15, 0.2) is 29.2 Å². The Morgan fingerprint density at radius 2 is 1.91 bits per heavy atom. The van der Waals surface area contributed by atoms with Crippen LogP contribution in [0, 0.1) is 0 Å². The van der Waals surface area contributed by atoms with E-state index in [9.17, 15) is 9.59 Å². The Hall–Kier alpha value is -1.24. The number of carbonyl (C=O) groups excluding carboxylic acids is 1. The summed E-state index contributed by atoms with van der Waals surface area (Å²) in [5.41, 5.74) is -0.674. The van der Waals surface area contributed by atoms with Gasteiger partial charge < -0.3 is 15.2 Å². The Balaban J connectivity index is 1.81. The monoisotopic (exact) mass is 357 g/mol. The third-order valence-electron chi connectivity index (χ3n) is 3.76. The first-order chi connectivity index (χ1) is 11.0.